The number of rotatable bonds is 13. The number of hydrogen-bond donors (Lipinski definition) is 4. The van der Waals surface area contributed by atoms with E-state index in [9.17, 15) is 23.3 Å². The summed E-state index contributed by atoms with van der Waals surface area (Å²) in [5.74, 6) is 5.10. The fraction of sp³-hybridized carbons (Fsp3) is 0.698. The Morgan fingerprint density at radius 2 is 1.59 bits per heavy atom. The number of benzene rings is 2. The Morgan fingerprint density at radius 3 is 2.25 bits per heavy atom. The van der Waals surface area contributed by atoms with Crippen molar-refractivity contribution in [3.05, 3.63) is 52.9 Å². The van der Waals surface area contributed by atoms with E-state index in [2.05, 4.69) is 39.0 Å². The molecule has 0 radical (unpaired) electrons. The number of nitrogens with zero attached hydrogens (tertiary/aromatic N) is 3. The van der Waals surface area contributed by atoms with Gasteiger partial charge in [0.1, 0.15) is 5.69 Å². The molecule has 56 heavy (non-hydrogen) atoms. The first-order chi connectivity index (χ1) is 26.9. The van der Waals surface area contributed by atoms with E-state index < -0.39 is 15.9 Å². The number of sulfonamides is 1. The van der Waals surface area contributed by atoms with Gasteiger partial charge in [0.25, 0.3) is 20.9 Å². The van der Waals surface area contributed by atoms with E-state index in [1.165, 1.54) is 70.0 Å². The number of carbonyl (C=O) groups is 1. The fourth-order valence-corrected chi connectivity index (χ4v) is 12.6. The van der Waals surface area contributed by atoms with Gasteiger partial charge in [0.15, 0.2) is 0 Å². The number of anilines is 2. The molecule has 306 valence electrons. The van der Waals surface area contributed by atoms with Crippen LogP contribution in [-0.4, -0.2) is 94.4 Å². The summed E-state index contributed by atoms with van der Waals surface area (Å²) in [7, 11) is -4.33. The Hall–Kier alpha value is -3.26. The zero-order chi connectivity index (χ0) is 39.0. The molecule has 4 N–H and O–H groups in total. The van der Waals surface area contributed by atoms with Gasteiger partial charge in [-0.2, -0.15) is 0 Å². The van der Waals surface area contributed by atoms with Gasteiger partial charge in [-0.3, -0.25) is 9.69 Å². The second kappa shape index (κ2) is 16.5. The molecule has 4 bridgehead atoms. The molecule has 2 aliphatic heterocycles. The lowest BCUT2D eigenvalue weighted by Crippen LogP contribution is -2.54. The molecular formula is C43H63N6O6S+. The molecule has 2 unspecified atom stereocenters. The van der Waals surface area contributed by atoms with Crippen LogP contribution in [0.1, 0.15) is 88.4 Å². The topological polar surface area (TPSA) is 143 Å². The molecular weight excluding hydrogens is 729 g/mol. The van der Waals surface area contributed by atoms with Gasteiger partial charge >= 0.3 is 5.69 Å². The van der Waals surface area contributed by atoms with Crippen LogP contribution < -0.4 is 20.3 Å². The van der Waals surface area contributed by atoms with E-state index in [-0.39, 0.29) is 21.1 Å². The van der Waals surface area contributed by atoms with Crippen molar-refractivity contribution in [1.29, 1.82) is 0 Å². The second-order valence-corrected chi connectivity index (χ2v) is 20.6. The van der Waals surface area contributed by atoms with Gasteiger partial charge in [0.05, 0.1) is 9.80 Å². The van der Waals surface area contributed by atoms with Crippen LogP contribution in [0.15, 0.2) is 47.4 Å². The highest BCUT2D eigenvalue weighted by Gasteiger charge is 2.48. The maximum Gasteiger partial charge on any atom is 0.340 e. The molecule has 7 fully saturated rings. The molecule has 1 amide bonds. The Morgan fingerprint density at radius 1 is 0.911 bits per heavy atom. The third kappa shape index (κ3) is 9.06. The van der Waals surface area contributed by atoms with Crippen LogP contribution in [0.25, 0.3) is 0 Å². The number of amides is 1. The molecule has 2 aromatic rings. The van der Waals surface area contributed by atoms with Crippen LogP contribution in [-0.2, 0) is 14.8 Å². The number of ether oxygens (including phenoxy) is 1. The standard InChI is InChI=1S/C43H62N6O6S/c1-43(2)12-9-39(45-27-38-33-20-30-19-31(22-33)23-34(38)21-30)35(25-43)28-47-13-15-48(16-14-47)36-5-3-32(4-6-36)42(50)46-56(53,54)37-7-8-40(41(24-37)49(51)52)44-26-29-10-17-55-18-11-29/h3-8,24,29-31,33-35,38-39,44-45H,9-23,25-28H2,1-2H3,(H-,46,50,51,52)/p+1. The van der Waals surface area contributed by atoms with Crippen molar-refractivity contribution in [1.82, 2.24) is 14.9 Å². The van der Waals surface area contributed by atoms with Crippen LogP contribution in [0, 0.1) is 51.7 Å². The summed E-state index contributed by atoms with van der Waals surface area (Å²) < 4.78 is 34.0. The van der Waals surface area contributed by atoms with Crippen molar-refractivity contribution in [2.75, 3.05) is 69.2 Å². The Labute approximate surface area is 333 Å². The smallest absolute Gasteiger partial charge is 0.340 e. The molecule has 5 saturated carbocycles. The predicted molar refractivity (Wildman–Crippen MR) is 217 cm³/mol. The molecule has 0 spiro atoms. The molecule has 2 saturated heterocycles. The summed E-state index contributed by atoms with van der Waals surface area (Å²) in [5.41, 5.74) is 1.66. The number of hydrogen-bond acceptors (Lipinski definition) is 9. The minimum absolute atomic E-state index is 0.214. The first-order valence-corrected chi connectivity index (χ1v) is 22.9. The maximum atomic E-state index is 13.2. The van der Waals surface area contributed by atoms with Crippen LogP contribution in [0.4, 0.5) is 17.1 Å². The monoisotopic (exact) mass is 791 g/mol. The lowest BCUT2D eigenvalue weighted by molar-refractivity contribution is -0.729. The van der Waals surface area contributed by atoms with E-state index >= 15 is 0 Å². The normalized spacial score (nSPS) is 30.6. The minimum Gasteiger partial charge on any atom is -0.381 e. The number of carbonyl (C=O) groups excluding carboxylic acids is 1. The lowest BCUT2D eigenvalue weighted by Gasteiger charge is -2.55. The molecule has 2 atom stereocenters. The van der Waals surface area contributed by atoms with E-state index in [1.54, 1.807) is 12.1 Å². The van der Waals surface area contributed by atoms with Gasteiger partial charge < -0.3 is 20.3 Å². The Balaban J connectivity index is 0.827. The van der Waals surface area contributed by atoms with Crippen LogP contribution in [0.3, 0.4) is 0 Å². The lowest BCUT2D eigenvalue weighted by atomic mass is 9.52. The van der Waals surface area contributed by atoms with Crippen molar-refractivity contribution in [3.63, 3.8) is 0 Å². The van der Waals surface area contributed by atoms with Crippen molar-refractivity contribution in [2.45, 2.75) is 89.0 Å². The molecule has 5 aliphatic carbocycles. The summed E-state index contributed by atoms with van der Waals surface area (Å²) >= 11 is 0. The van der Waals surface area contributed by atoms with Crippen LogP contribution in [0.5, 0.6) is 0 Å². The largest absolute Gasteiger partial charge is 0.381 e. The van der Waals surface area contributed by atoms with Crippen LogP contribution >= 0.6 is 0 Å². The molecule has 13 heteroatoms. The van der Waals surface area contributed by atoms with Gasteiger partial charge in [-0.15, -0.1) is 0 Å². The zero-order valence-corrected chi connectivity index (χ0v) is 34.2. The Bertz CT molecular complexity index is 1800. The van der Waals surface area contributed by atoms with Gasteiger partial charge in [-0.25, -0.2) is 18.3 Å². The number of piperazine rings is 1. The van der Waals surface area contributed by atoms with E-state index in [4.69, 9.17) is 4.74 Å². The van der Waals surface area contributed by atoms with Gasteiger partial charge in [0.2, 0.25) is 0 Å². The third-order valence-electron chi connectivity index (χ3n) is 14.5. The highest BCUT2D eigenvalue weighted by Crippen LogP contribution is 2.56. The first kappa shape index (κ1) is 39.6. The van der Waals surface area contributed by atoms with Crippen LogP contribution in [0.2, 0.25) is 0 Å². The van der Waals surface area contributed by atoms with Crippen molar-refractivity contribution in [2.24, 2.45) is 46.8 Å². The molecule has 2 aromatic carbocycles. The van der Waals surface area contributed by atoms with Crippen molar-refractivity contribution in [3.8, 4) is 0 Å². The summed E-state index contributed by atoms with van der Waals surface area (Å²) in [5, 5.41) is 17.1. The van der Waals surface area contributed by atoms with Gasteiger partial charge in [0, 0.05) is 75.8 Å². The molecule has 12 nitrogen and oxygen atoms in total. The van der Waals surface area contributed by atoms with Gasteiger partial charge in [-0.05, 0) is 154 Å². The average molecular weight is 792 g/mol. The van der Waals surface area contributed by atoms with E-state index in [0.717, 1.165) is 86.9 Å². The summed E-state index contributed by atoms with van der Waals surface area (Å²) in [6.45, 7) is 12.9. The summed E-state index contributed by atoms with van der Waals surface area (Å²) in [6.07, 6.45) is 13.1. The zero-order valence-electron chi connectivity index (χ0n) is 33.3. The quantitative estimate of drug-likeness (QED) is 0.168. The maximum absolute atomic E-state index is 13.2. The third-order valence-corrected chi connectivity index (χ3v) is 15.9. The van der Waals surface area contributed by atoms with Crippen molar-refractivity contribution >= 4 is 33.0 Å². The molecule has 0 aromatic heterocycles. The summed E-state index contributed by atoms with van der Waals surface area (Å²) in [6, 6.07) is 11.5. The Kier molecular flexibility index (Phi) is 11.7. The number of nitrogens with one attached hydrogen (secondary N) is 3. The van der Waals surface area contributed by atoms with E-state index in [1.807, 2.05) is 12.1 Å². The molecule has 2 heterocycles. The van der Waals surface area contributed by atoms with E-state index in [0.29, 0.717) is 48.7 Å². The molecule has 7 aliphatic rings. The minimum atomic E-state index is -4.33. The second-order valence-electron chi connectivity index (χ2n) is 18.9. The highest BCUT2D eigenvalue weighted by atomic mass is 32.2. The predicted octanol–water partition coefficient (Wildman–Crippen LogP) is 6.42. The first-order valence-electron chi connectivity index (χ1n) is 21.4. The SMILES string of the molecule is CC1(C)CCC(NCC2C3CC4CC(C3)CC2C4)C(CN2CCN(c3ccc(C(=O)NS(=O)(=O)c4ccc(NCC5CCOCC5)c([N+](=O)O)c4)cc3)CC2)C1. The highest BCUT2D eigenvalue weighted by molar-refractivity contribution is 7.90. The fourth-order valence-electron chi connectivity index (χ4n) is 11.6. The summed E-state index contributed by atoms with van der Waals surface area (Å²) in [4.78, 5) is 29.4. The molecule has 9 rings (SSSR count). The van der Waals surface area contributed by atoms with Gasteiger partial charge in [-0.1, -0.05) is 13.8 Å². The van der Waals surface area contributed by atoms with Crippen molar-refractivity contribution < 1.29 is 28.1 Å². The average Bonchev–Trinajstić information content (AvgIpc) is 3.17.